The first-order chi connectivity index (χ1) is 13.6. The SMILES string of the molecule is COc1ccccc1CCNC(=O)c1ccc(Nc2cccc(Cl)c2C)cn1. The van der Waals surface area contributed by atoms with Gasteiger partial charge in [-0.15, -0.1) is 0 Å². The van der Waals surface area contributed by atoms with Crippen molar-refractivity contribution in [1.29, 1.82) is 0 Å². The third-order valence-corrected chi connectivity index (χ3v) is 4.82. The van der Waals surface area contributed by atoms with Crippen molar-refractivity contribution in [2.45, 2.75) is 13.3 Å². The topological polar surface area (TPSA) is 63.2 Å². The zero-order valence-corrected chi connectivity index (χ0v) is 16.6. The molecule has 0 unspecified atom stereocenters. The Hall–Kier alpha value is -3.05. The predicted octanol–water partition coefficient (Wildman–Crippen LogP) is 4.77. The van der Waals surface area contributed by atoms with E-state index in [1.54, 1.807) is 19.4 Å². The number of hydrogen-bond acceptors (Lipinski definition) is 4. The summed E-state index contributed by atoms with van der Waals surface area (Å²) in [6, 6.07) is 17.0. The van der Waals surface area contributed by atoms with Crippen LogP contribution in [0.25, 0.3) is 0 Å². The predicted molar refractivity (Wildman–Crippen MR) is 113 cm³/mol. The molecule has 0 atom stereocenters. The maximum atomic E-state index is 12.3. The molecule has 1 aromatic heterocycles. The number of para-hydroxylation sites is 1. The first-order valence-electron chi connectivity index (χ1n) is 8.97. The Balaban J connectivity index is 1.57. The number of anilines is 2. The molecule has 5 nitrogen and oxygen atoms in total. The van der Waals surface area contributed by atoms with Crippen LogP contribution in [-0.2, 0) is 6.42 Å². The molecule has 0 fully saturated rings. The van der Waals surface area contributed by atoms with Gasteiger partial charge in [-0.2, -0.15) is 0 Å². The lowest BCUT2D eigenvalue weighted by Gasteiger charge is -2.11. The van der Waals surface area contributed by atoms with Crippen molar-refractivity contribution in [3.05, 3.63) is 82.6 Å². The summed E-state index contributed by atoms with van der Waals surface area (Å²) in [5, 5.41) is 6.85. The summed E-state index contributed by atoms with van der Waals surface area (Å²) < 4.78 is 5.32. The highest BCUT2D eigenvalue weighted by molar-refractivity contribution is 6.31. The Bertz CT molecular complexity index is 958. The average Bonchev–Trinajstić information content (AvgIpc) is 2.72. The summed E-state index contributed by atoms with van der Waals surface area (Å²) in [7, 11) is 1.64. The van der Waals surface area contributed by atoms with Crippen molar-refractivity contribution in [1.82, 2.24) is 10.3 Å². The van der Waals surface area contributed by atoms with Crippen LogP contribution >= 0.6 is 11.6 Å². The van der Waals surface area contributed by atoms with Gasteiger partial charge in [-0.3, -0.25) is 4.79 Å². The Labute approximate surface area is 169 Å². The monoisotopic (exact) mass is 395 g/mol. The number of hydrogen-bond donors (Lipinski definition) is 2. The van der Waals surface area contributed by atoms with Crippen LogP contribution in [0.5, 0.6) is 5.75 Å². The number of nitrogens with zero attached hydrogens (tertiary/aromatic N) is 1. The van der Waals surface area contributed by atoms with Gasteiger partial charge >= 0.3 is 0 Å². The van der Waals surface area contributed by atoms with Crippen LogP contribution in [0.2, 0.25) is 5.02 Å². The molecule has 1 amide bonds. The van der Waals surface area contributed by atoms with Crippen molar-refractivity contribution in [3.63, 3.8) is 0 Å². The van der Waals surface area contributed by atoms with E-state index in [9.17, 15) is 4.79 Å². The Morgan fingerprint density at radius 2 is 1.93 bits per heavy atom. The van der Waals surface area contributed by atoms with Crippen molar-refractivity contribution < 1.29 is 9.53 Å². The molecule has 3 aromatic rings. The van der Waals surface area contributed by atoms with Crippen molar-refractivity contribution >= 4 is 28.9 Å². The van der Waals surface area contributed by atoms with E-state index in [-0.39, 0.29) is 5.91 Å². The fourth-order valence-corrected chi connectivity index (χ4v) is 2.99. The minimum atomic E-state index is -0.208. The molecule has 0 radical (unpaired) electrons. The Morgan fingerprint density at radius 1 is 1.11 bits per heavy atom. The maximum Gasteiger partial charge on any atom is 0.269 e. The lowest BCUT2D eigenvalue weighted by atomic mass is 10.1. The molecule has 28 heavy (non-hydrogen) atoms. The van der Waals surface area contributed by atoms with E-state index in [2.05, 4.69) is 15.6 Å². The molecule has 0 spiro atoms. The summed E-state index contributed by atoms with van der Waals surface area (Å²) in [5.41, 5.74) is 4.07. The average molecular weight is 396 g/mol. The number of amides is 1. The van der Waals surface area contributed by atoms with Gasteiger partial charge in [-0.25, -0.2) is 4.98 Å². The minimum Gasteiger partial charge on any atom is -0.496 e. The largest absolute Gasteiger partial charge is 0.496 e. The van der Waals surface area contributed by atoms with Crippen LogP contribution in [-0.4, -0.2) is 24.5 Å². The number of nitrogens with one attached hydrogen (secondary N) is 2. The summed E-state index contributed by atoms with van der Waals surface area (Å²) in [4.78, 5) is 16.6. The van der Waals surface area contributed by atoms with E-state index in [1.165, 1.54) is 0 Å². The molecule has 0 bridgehead atoms. The molecule has 6 heteroatoms. The number of halogens is 1. The van der Waals surface area contributed by atoms with Gasteiger partial charge in [0.15, 0.2) is 0 Å². The molecule has 0 saturated heterocycles. The molecule has 3 rings (SSSR count). The van der Waals surface area contributed by atoms with Crippen LogP contribution in [0.3, 0.4) is 0 Å². The zero-order chi connectivity index (χ0) is 19.9. The fourth-order valence-electron chi connectivity index (χ4n) is 2.81. The Kier molecular flexibility index (Phi) is 6.50. The molecule has 0 aliphatic heterocycles. The van der Waals surface area contributed by atoms with Gasteiger partial charge in [0.2, 0.25) is 0 Å². The number of carbonyl (C=O) groups is 1. The highest BCUT2D eigenvalue weighted by atomic mass is 35.5. The number of ether oxygens (including phenoxy) is 1. The first kappa shape index (κ1) is 19.7. The highest BCUT2D eigenvalue weighted by Gasteiger charge is 2.09. The van der Waals surface area contributed by atoms with Gasteiger partial charge in [0.25, 0.3) is 5.91 Å². The first-order valence-corrected chi connectivity index (χ1v) is 9.34. The van der Waals surface area contributed by atoms with Crippen LogP contribution in [0, 0.1) is 6.92 Å². The second-order valence-electron chi connectivity index (χ2n) is 6.29. The molecule has 2 N–H and O–H groups in total. The molecule has 2 aromatic carbocycles. The summed E-state index contributed by atoms with van der Waals surface area (Å²) in [6.07, 6.45) is 2.32. The van der Waals surface area contributed by atoms with E-state index in [0.717, 1.165) is 28.3 Å². The van der Waals surface area contributed by atoms with Gasteiger partial charge < -0.3 is 15.4 Å². The van der Waals surface area contributed by atoms with Crippen molar-refractivity contribution in [3.8, 4) is 5.75 Å². The third-order valence-electron chi connectivity index (χ3n) is 4.42. The summed E-state index contributed by atoms with van der Waals surface area (Å²) >= 11 is 6.14. The minimum absolute atomic E-state index is 0.208. The van der Waals surface area contributed by atoms with E-state index in [1.807, 2.05) is 55.5 Å². The standard InChI is InChI=1S/C22H22ClN3O2/c1-15-18(23)7-5-8-19(15)26-17-10-11-20(25-14-17)22(27)24-13-12-16-6-3-4-9-21(16)28-2/h3-11,14,26H,12-13H2,1-2H3,(H,24,27). The number of aromatic nitrogens is 1. The molecular formula is C22H22ClN3O2. The number of rotatable bonds is 7. The van der Waals surface area contributed by atoms with Gasteiger partial charge in [-0.1, -0.05) is 35.9 Å². The molecule has 0 aliphatic rings. The van der Waals surface area contributed by atoms with Crippen LogP contribution in [0.15, 0.2) is 60.8 Å². The zero-order valence-electron chi connectivity index (χ0n) is 15.8. The fraction of sp³-hybridized carbons (Fsp3) is 0.182. The van der Waals surface area contributed by atoms with Crippen LogP contribution in [0.1, 0.15) is 21.6 Å². The second-order valence-corrected chi connectivity index (χ2v) is 6.69. The van der Waals surface area contributed by atoms with E-state index in [0.29, 0.717) is 23.7 Å². The van der Waals surface area contributed by atoms with E-state index in [4.69, 9.17) is 16.3 Å². The van der Waals surface area contributed by atoms with Gasteiger partial charge in [0.05, 0.1) is 19.0 Å². The third kappa shape index (κ3) is 4.81. The number of benzene rings is 2. The van der Waals surface area contributed by atoms with Crippen molar-refractivity contribution in [2.75, 3.05) is 19.0 Å². The highest BCUT2D eigenvalue weighted by Crippen LogP contribution is 2.25. The van der Waals surface area contributed by atoms with Crippen LogP contribution < -0.4 is 15.4 Å². The van der Waals surface area contributed by atoms with Crippen LogP contribution in [0.4, 0.5) is 11.4 Å². The summed E-state index contributed by atoms with van der Waals surface area (Å²) in [6.45, 7) is 2.45. The number of carbonyl (C=O) groups excluding carboxylic acids is 1. The smallest absolute Gasteiger partial charge is 0.269 e. The van der Waals surface area contributed by atoms with Gasteiger partial charge in [0.1, 0.15) is 11.4 Å². The molecule has 144 valence electrons. The normalized spacial score (nSPS) is 10.4. The molecule has 1 heterocycles. The van der Waals surface area contributed by atoms with Crippen molar-refractivity contribution in [2.24, 2.45) is 0 Å². The number of pyridine rings is 1. The quantitative estimate of drug-likeness (QED) is 0.605. The van der Waals surface area contributed by atoms with Gasteiger partial charge in [0, 0.05) is 17.3 Å². The molecule has 0 aliphatic carbocycles. The molecule has 0 saturated carbocycles. The Morgan fingerprint density at radius 3 is 2.68 bits per heavy atom. The summed E-state index contributed by atoms with van der Waals surface area (Å²) in [5.74, 6) is 0.613. The maximum absolute atomic E-state index is 12.3. The lowest BCUT2D eigenvalue weighted by molar-refractivity contribution is 0.0949. The lowest BCUT2D eigenvalue weighted by Crippen LogP contribution is -2.26. The van der Waals surface area contributed by atoms with E-state index >= 15 is 0 Å². The van der Waals surface area contributed by atoms with Gasteiger partial charge in [-0.05, 0) is 54.8 Å². The molecular weight excluding hydrogens is 374 g/mol. The van der Waals surface area contributed by atoms with E-state index < -0.39 is 0 Å². The second kappa shape index (κ2) is 9.24. The number of methoxy groups -OCH3 is 1.